The summed E-state index contributed by atoms with van der Waals surface area (Å²) in [6.07, 6.45) is 3.04. The Morgan fingerprint density at radius 3 is 2.46 bits per heavy atom. The monoisotopic (exact) mass is 374 g/mol. The molecule has 0 radical (unpaired) electrons. The molecule has 1 N–H and O–H groups in total. The van der Waals surface area contributed by atoms with Gasteiger partial charge in [-0.25, -0.2) is 8.42 Å². The van der Waals surface area contributed by atoms with Crippen molar-refractivity contribution in [2.45, 2.75) is 26.2 Å². The van der Waals surface area contributed by atoms with Gasteiger partial charge >= 0.3 is 0 Å². The van der Waals surface area contributed by atoms with Crippen LogP contribution in [0.5, 0.6) is 0 Å². The molecule has 0 aromatic heterocycles. The lowest BCUT2D eigenvalue weighted by Gasteiger charge is -2.22. The Balaban J connectivity index is 1.81. The zero-order valence-corrected chi connectivity index (χ0v) is 16.1. The first-order chi connectivity index (χ1) is 12.4. The zero-order chi connectivity index (χ0) is 19.0. The smallest absolute Gasteiger partial charge is 0.232 e. The Labute approximate surface area is 156 Å². The van der Waals surface area contributed by atoms with Crippen molar-refractivity contribution in [1.82, 2.24) is 5.32 Å². The molecule has 2 aromatic carbocycles. The highest BCUT2D eigenvalue weighted by molar-refractivity contribution is 7.92. The van der Waals surface area contributed by atoms with Crippen LogP contribution in [0, 0.1) is 6.92 Å². The quantitative estimate of drug-likeness (QED) is 0.686. The van der Waals surface area contributed by atoms with Gasteiger partial charge in [-0.2, -0.15) is 0 Å². The van der Waals surface area contributed by atoms with E-state index in [4.69, 9.17) is 0 Å². The fourth-order valence-electron chi connectivity index (χ4n) is 2.73. The topological polar surface area (TPSA) is 66.5 Å². The molecule has 0 saturated heterocycles. The molecule has 0 spiro atoms. The molecule has 2 rings (SSSR count). The molecular weight excluding hydrogens is 348 g/mol. The third-order valence-electron chi connectivity index (χ3n) is 4.04. The zero-order valence-electron chi connectivity index (χ0n) is 15.3. The molecule has 5 nitrogen and oxygen atoms in total. The van der Waals surface area contributed by atoms with Gasteiger partial charge in [0.05, 0.1) is 11.9 Å². The minimum atomic E-state index is -3.44. The Morgan fingerprint density at radius 2 is 1.81 bits per heavy atom. The average Bonchev–Trinajstić information content (AvgIpc) is 2.59. The summed E-state index contributed by atoms with van der Waals surface area (Å²) in [6.45, 7) is 2.62. The molecule has 0 fully saturated rings. The number of hydrogen-bond donors (Lipinski definition) is 1. The van der Waals surface area contributed by atoms with Gasteiger partial charge in [0.25, 0.3) is 0 Å². The van der Waals surface area contributed by atoms with Gasteiger partial charge in [0, 0.05) is 19.5 Å². The highest BCUT2D eigenvalue weighted by atomic mass is 32.2. The number of rotatable bonds is 9. The molecule has 0 aliphatic rings. The Morgan fingerprint density at radius 1 is 1.08 bits per heavy atom. The number of hydrogen-bond acceptors (Lipinski definition) is 3. The Kier molecular flexibility index (Phi) is 7.21. The number of carbonyl (C=O) groups excluding carboxylic acids is 1. The van der Waals surface area contributed by atoms with Crippen molar-refractivity contribution < 1.29 is 13.2 Å². The molecule has 1 amide bonds. The largest absolute Gasteiger partial charge is 0.356 e. The van der Waals surface area contributed by atoms with Gasteiger partial charge in [-0.15, -0.1) is 0 Å². The number of carbonyl (C=O) groups is 1. The summed E-state index contributed by atoms with van der Waals surface area (Å²) in [7, 11) is -3.44. The molecule has 26 heavy (non-hydrogen) atoms. The second-order valence-electron chi connectivity index (χ2n) is 6.36. The number of anilines is 1. The van der Waals surface area contributed by atoms with Crippen LogP contribution in [-0.2, 0) is 21.2 Å². The highest BCUT2D eigenvalue weighted by Crippen LogP contribution is 2.19. The van der Waals surface area contributed by atoms with Crippen molar-refractivity contribution >= 4 is 21.6 Å². The molecule has 0 aliphatic heterocycles. The van der Waals surface area contributed by atoms with Gasteiger partial charge in [0.1, 0.15) is 0 Å². The number of sulfonamides is 1. The summed E-state index contributed by atoms with van der Waals surface area (Å²) in [4.78, 5) is 12.1. The molecular formula is C20H26N2O3S. The lowest BCUT2D eigenvalue weighted by atomic mass is 10.1. The molecule has 6 heteroatoms. The molecule has 0 bridgehead atoms. The summed E-state index contributed by atoms with van der Waals surface area (Å²) in [5, 5.41) is 2.86. The van der Waals surface area contributed by atoms with Gasteiger partial charge in [-0.1, -0.05) is 42.5 Å². The standard InChI is InChI=1S/C20H26N2O3S/c1-17-8-6-12-19(16-17)22(26(2,24)25)15-13-20(23)21-14-7-11-18-9-4-3-5-10-18/h3-6,8-10,12,16H,7,11,13-15H2,1-2H3,(H,21,23). The van der Waals surface area contributed by atoms with Crippen LogP contribution in [0.4, 0.5) is 5.69 Å². The van der Waals surface area contributed by atoms with Crippen LogP contribution in [-0.4, -0.2) is 33.7 Å². The molecule has 0 saturated carbocycles. The van der Waals surface area contributed by atoms with Crippen LogP contribution < -0.4 is 9.62 Å². The summed E-state index contributed by atoms with van der Waals surface area (Å²) >= 11 is 0. The molecule has 0 heterocycles. The summed E-state index contributed by atoms with van der Waals surface area (Å²) < 4.78 is 25.4. The number of nitrogens with one attached hydrogen (secondary N) is 1. The number of aryl methyl sites for hydroxylation is 2. The minimum Gasteiger partial charge on any atom is -0.356 e. The van der Waals surface area contributed by atoms with Crippen LogP contribution in [0.1, 0.15) is 24.0 Å². The summed E-state index contributed by atoms with van der Waals surface area (Å²) in [5.41, 5.74) is 2.80. The molecule has 0 unspecified atom stereocenters. The minimum absolute atomic E-state index is 0.131. The van der Waals surface area contributed by atoms with E-state index in [-0.39, 0.29) is 18.9 Å². The Bertz CT molecular complexity index is 820. The van der Waals surface area contributed by atoms with Gasteiger partial charge in [0.15, 0.2) is 0 Å². The van der Waals surface area contributed by atoms with Crippen molar-refractivity contribution in [3.05, 3.63) is 65.7 Å². The van der Waals surface area contributed by atoms with E-state index in [0.29, 0.717) is 12.2 Å². The fraction of sp³-hybridized carbons (Fsp3) is 0.350. The molecule has 2 aromatic rings. The van der Waals surface area contributed by atoms with Crippen LogP contribution in [0.3, 0.4) is 0 Å². The van der Waals surface area contributed by atoms with Crippen molar-refractivity contribution in [2.75, 3.05) is 23.7 Å². The van der Waals surface area contributed by atoms with Crippen LogP contribution in [0.15, 0.2) is 54.6 Å². The average molecular weight is 375 g/mol. The summed E-state index contributed by atoms with van der Waals surface area (Å²) in [5.74, 6) is -0.139. The van der Waals surface area contributed by atoms with Crippen LogP contribution in [0.2, 0.25) is 0 Å². The molecule has 140 valence electrons. The normalized spacial score (nSPS) is 11.2. The van der Waals surface area contributed by atoms with E-state index in [0.717, 1.165) is 24.7 Å². The van der Waals surface area contributed by atoms with Gasteiger partial charge in [0.2, 0.25) is 15.9 Å². The predicted molar refractivity (Wildman–Crippen MR) is 106 cm³/mol. The van der Waals surface area contributed by atoms with E-state index in [1.54, 1.807) is 12.1 Å². The van der Waals surface area contributed by atoms with Gasteiger partial charge in [-0.3, -0.25) is 9.10 Å². The number of benzene rings is 2. The van der Waals surface area contributed by atoms with Crippen molar-refractivity contribution in [2.24, 2.45) is 0 Å². The highest BCUT2D eigenvalue weighted by Gasteiger charge is 2.18. The fourth-order valence-corrected chi connectivity index (χ4v) is 3.65. The maximum atomic E-state index is 12.1. The first-order valence-electron chi connectivity index (χ1n) is 8.71. The molecule has 0 atom stereocenters. The van der Waals surface area contributed by atoms with E-state index in [1.807, 2.05) is 37.3 Å². The van der Waals surface area contributed by atoms with Gasteiger partial charge < -0.3 is 5.32 Å². The maximum absolute atomic E-state index is 12.1. The lowest BCUT2D eigenvalue weighted by molar-refractivity contribution is -0.120. The SMILES string of the molecule is Cc1cccc(N(CCC(=O)NCCCc2ccccc2)S(C)(=O)=O)c1. The number of nitrogens with zero attached hydrogens (tertiary/aromatic N) is 1. The second kappa shape index (κ2) is 9.38. The third kappa shape index (κ3) is 6.52. The molecule has 0 aliphatic carbocycles. The van der Waals surface area contributed by atoms with Crippen molar-refractivity contribution in [3.8, 4) is 0 Å². The van der Waals surface area contributed by atoms with E-state index in [1.165, 1.54) is 9.87 Å². The third-order valence-corrected chi connectivity index (χ3v) is 5.23. The second-order valence-corrected chi connectivity index (χ2v) is 8.27. The van der Waals surface area contributed by atoms with E-state index >= 15 is 0 Å². The van der Waals surface area contributed by atoms with Crippen LogP contribution >= 0.6 is 0 Å². The first-order valence-corrected chi connectivity index (χ1v) is 10.6. The number of amides is 1. The maximum Gasteiger partial charge on any atom is 0.232 e. The van der Waals surface area contributed by atoms with Crippen LogP contribution in [0.25, 0.3) is 0 Å². The van der Waals surface area contributed by atoms with Crippen molar-refractivity contribution in [1.29, 1.82) is 0 Å². The lowest BCUT2D eigenvalue weighted by Crippen LogP contribution is -2.35. The van der Waals surface area contributed by atoms with E-state index in [9.17, 15) is 13.2 Å². The first kappa shape index (κ1) is 20.0. The Hall–Kier alpha value is -2.34. The van der Waals surface area contributed by atoms with Crippen molar-refractivity contribution in [3.63, 3.8) is 0 Å². The predicted octanol–water partition coefficient (Wildman–Crippen LogP) is 2.90. The summed E-state index contributed by atoms with van der Waals surface area (Å²) in [6, 6.07) is 17.4. The van der Waals surface area contributed by atoms with Gasteiger partial charge in [-0.05, 0) is 43.0 Å². The van der Waals surface area contributed by atoms with E-state index in [2.05, 4.69) is 17.4 Å². The van der Waals surface area contributed by atoms with E-state index < -0.39 is 10.0 Å².